The number of aryl methyl sites for hydroxylation is 2. The van der Waals surface area contributed by atoms with Gasteiger partial charge in [0.15, 0.2) is 0 Å². The number of aliphatic hydroxyl groups is 1. The second kappa shape index (κ2) is 13.0. The van der Waals surface area contributed by atoms with Gasteiger partial charge in [0.05, 0.1) is 10.5 Å². The number of rotatable bonds is 8. The van der Waals surface area contributed by atoms with Gasteiger partial charge in [-0.05, 0) is 56.3 Å². The van der Waals surface area contributed by atoms with Crippen LogP contribution in [0.2, 0.25) is 0 Å². The summed E-state index contributed by atoms with van der Waals surface area (Å²) < 4.78 is 0. The standard InChI is InChI=1S/C27H32N4O3.2ClH/c1-20-17-25(26(31(33)34)21(2)29-20)28-14-16-30-15-13-22(19-32)18-27(30,23-9-5-3-6-10-23)24-11-7-4-8-12-24;;/h3-12,17,22,32H,13-16,18-19H2,1-2H3,(H,28,29);2*1H. The molecule has 1 atom stereocenters. The van der Waals surface area contributed by atoms with E-state index in [1.54, 1.807) is 13.0 Å². The minimum atomic E-state index is -0.383. The number of aliphatic hydroxyl groups excluding tert-OH is 1. The SMILES string of the molecule is Cc1cc(NCCN2CCC(CO)CC2(c2ccccc2)c2ccccc2)c([N+](=O)[O-])c(C)n1.Cl.Cl. The lowest BCUT2D eigenvalue weighted by Crippen LogP contribution is -2.54. The van der Waals surface area contributed by atoms with Crippen molar-refractivity contribution in [1.29, 1.82) is 0 Å². The van der Waals surface area contributed by atoms with E-state index < -0.39 is 0 Å². The van der Waals surface area contributed by atoms with Gasteiger partial charge in [-0.3, -0.25) is 20.0 Å². The van der Waals surface area contributed by atoms with Gasteiger partial charge in [-0.1, -0.05) is 60.7 Å². The molecule has 0 bridgehead atoms. The molecule has 3 aromatic rings. The van der Waals surface area contributed by atoms with E-state index in [2.05, 4.69) is 63.7 Å². The summed E-state index contributed by atoms with van der Waals surface area (Å²) in [7, 11) is 0. The summed E-state index contributed by atoms with van der Waals surface area (Å²) >= 11 is 0. The third kappa shape index (κ3) is 5.98. The second-order valence-electron chi connectivity index (χ2n) is 9.05. The summed E-state index contributed by atoms with van der Waals surface area (Å²) in [4.78, 5) is 18.0. The van der Waals surface area contributed by atoms with E-state index in [-0.39, 0.29) is 53.5 Å². The zero-order valence-corrected chi connectivity index (χ0v) is 22.2. The van der Waals surface area contributed by atoms with E-state index >= 15 is 0 Å². The molecule has 1 aromatic heterocycles. The predicted octanol–water partition coefficient (Wildman–Crippen LogP) is 5.51. The molecule has 9 heteroatoms. The fraction of sp³-hybridized carbons (Fsp3) is 0.370. The summed E-state index contributed by atoms with van der Waals surface area (Å²) in [5.41, 5.74) is 3.71. The summed E-state index contributed by atoms with van der Waals surface area (Å²) in [6.07, 6.45) is 1.72. The lowest BCUT2D eigenvalue weighted by molar-refractivity contribution is -0.384. The molecule has 194 valence electrons. The fourth-order valence-corrected chi connectivity index (χ4v) is 5.34. The maximum absolute atomic E-state index is 11.7. The molecule has 1 unspecified atom stereocenters. The third-order valence-electron chi connectivity index (χ3n) is 6.87. The number of benzene rings is 2. The number of likely N-dealkylation sites (tertiary alicyclic amines) is 1. The van der Waals surface area contributed by atoms with E-state index in [9.17, 15) is 15.2 Å². The van der Waals surface area contributed by atoms with Gasteiger partial charge in [-0.25, -0.2) is 0 Å². The van der Waals surface area contributed by atoms with Gasteiger partial charge in [-0.15, -0.1) is 24.8 Å². The zero-order chi connectivity index (χ0) is 24.1. The fourth-order valence-electron chi connectivity index (χ4n) is 5.34. The van der Waals surface area contributed by atoms with E-state index in [0.717, 1.165) is 25.1 Å². The number of piperidine rings is 1. The molecule has 2 heterocycles. The number of nitro groups is 1. The number of hydrogen-bond acceptors (Lipinski definition) is 6. The van der Waals surface area contributed by atoms with E-state index in [4.69, 9.17) is 0 Å². The lowest BCUT2D eigenvalue weighted by Gasteiger charge is -2.50. The molecular weight excluding hydrogens is 499 g/mol. The molecule has 1 aliphatic rings. The Morgan fingerprint density at radius 1 is 1.08 bits per heavy atom. The Labute approximate surface area is 224 Å². The number of nitrogens with one attached hydrogen (secondary N) is 1. The monoisotopic (exact) mass is 532 g/mol. The number of hydrogen-bond donors (Lipinski definition) is 2. The topological polar surface area (TPSA) is 91.5 Å². The minimum absolute atomic E-state index is 0. The molecule has 1 aliphatic heterocycles. The van der Waals surface area contributed by atoms with E-state index in [1.807, 2.05) is 19.1 Å². The Morgan fingerprint density at radius 3 is 2.19 bits per heavy atom. The third-order valence-corrected chi connectivity index (χ3v) is 6.87. The molecular formula is C27H34Cl2N4O3. The van der Waals surface area contributed by atoms with Crippen LogP contribution < -0.4 is 5.32 Å². The van der Waals surface area contributed by atoms with Gasteiger partial charge in [0, 0.05) is 25.4 Å². The zero-order valence-electron chi connectivity index (χ0n) is 20.6. The van der Waals surface area contributed by atoms with Gasteiger partial charge in [0.2, 0.25) is 0 Å². The van der Waals surface area contributed by atoms with Crippen molar-refractivity contribution < 1.29 is 10.0 Å². The second-order valence-corrected chi connectivity index (χ2v) is 9.05. The molecule has 1 fully saturated rings. The van der Waals surface area contributed by atoms with Gasteiger partial charge in [0.1, 0.15) is 11.4 Å². The molecule has 7 nitrogen and oxygen atoms in total. The first-order valence-corrected chi connectivity index (χ1v) is 11.8. The Hall–Kier alpha value is -2.71. The van der Waals surface area contributed by atoms with Crippen molar-refractivity contribution in [2.45, 2.75) is 32.2 Å². The van der Waals surface area contributed by atoms with E-state index in [0.29, 0.717) is 24.5 Å². The average Bonchev–Trinajstić information content (AvgIpc) is 2.84. The van der Waals surface area contributed by atoms with Gasteiger partial charge >= 0.3 is 5.69 Å². The molecule has 36 heavy (non-hydrogen) atoms. The summed E-state index contributed by atoms with van der Waals surface area (Å²) in [5.74, 6) is 0.205. The minimum Gasteiger partial charge on any atom is -0.396 e. The Kier molecular flexibility index (Phi) is 10.7. The van der Waals surface area contributed by atoms with Gasteiger partial charge in [-0.2, -0.15) is 0 Å². The van der Waals surface area contributed by atoms with Crippen LogP contribution in [0.3, 0.4) is 0 Å². The highest BCUT2D eigenvalue weighted by molar-refractivity contribution is 5.85. The van der Waals surface area contributed by atoms with Crippen molar-refractivity contribution in [3.63, 3.8) is 0 Å². The van der Waals surface area contributed by atoms with Crippen LogP contribution in [0.4, 0.5) is 11.4 Å². The summed E-state index contributed by atoms with van der Waals surface area (Å²) in [6.45, 7) is 5.75. The Balaban J connectivity index is 0.00000228. The first-order valence-electron chi connectivity index (χ1n) is 11.8. The lowest BCUT2D eigenvalue weighted by atomic mass is 9.71. The van der Waals surface area contributed by atoms with Crippen LogP contribution in [-0.4, -0.2) is 46.2 Å². The first kappa shape index (κ1) is 29.5. The van der Waals surface area contributed by atoms with Crippen LogP contribution in [0.1, 0.15) is 35.4 Å². The van der Waals surface area contributed by atoms with Crippen molar-refractivity contribution in [2.75, 3.05) is 31.6 Å². The van der Waals surface area contributed by atoms with Crippen molar-refractivity contribution in [1.82, 2.24) is 9.88 Å². The van der Waals surface area contributed by atoms with Crippen molar-refractivity contribution in [2.24, 2.45) is 5.92 Å². The first-order chi connectivity index (χ1) is 16.5. The Morgan fingerprint density at radius 2 is 1.67 bits per heavy atom. The molecule has 0 spiro atoms. The molecule has 2 N–H and O–H groups in total. The Bertz CT molecular complexity index is 1090. The molecule has 0 radical (unpaired) electrons. The number of anilines is 1. The highest BCUT2D eigenvalue weighted by Crippen LogP contribution is 2.45. The maximum atomic E-state index is 11.7. The largest absolute Gasteiger partial charge is 0.396 e. The smallest absolute Gasteiger partial charge is 0.313 e. The van der Waals surface area contributed by atoms with Crippen LogP contribution in [0, 0.1) is 29.9 Å². The molecule has 0 saturated carbocycles. The quantitative estimate of drug-likeness (QED) is 0.293. The summed E-state index contributed by atoms with van der Waals surface area (Å²) in [6, 6.07) is 22.7. The molecule has 0 amide bonds. The number of aromatic nitrogens is 1. The normalized spacial score (nSPS) is 16.9. The van der Waals surface area contributed by atoms with Crippen LogP contribution in [0.5, 0.6) is 0 Å². The van der Waals surface area contributed by atoms with Gasteiger partial charge < -0.3 is 10.4 Å². The van der Waals surface area contributed by atoms with Gasteiger partial charge in [0.25, 0.3) is 0 Å². The molecule has 4 rings (SSSR count). The van der Waals surface area contributed by atoms with Crippen LogP contribution in [0.15, 0.2) is 66.7 Å². The number of halogens is 2. The van der Waals surface area contributed by atoms with E-state index in [1.165, 1.54) is 11.1 Å². The van der Waals surface area contributed by atoms with Crippen LogP contribution in [-0.2, 0) is 5.54 Å². The van der Waals surface area contributed by atoms with Crippen molar-refractivity contribution in [3.05, 3.63) is 99.4 Å². The highest BCUT2D eigenvalue weighted by atomic mass is 35.5. The van der Waals surface area contributed by atoms with Crippen molar-refractivity contribution in [3.8, 4) is 0 Å². The molecule has 2 aromatic carbocycles. The van der Waals surface area contributed by atoms with Crippen LogP contribution in [0.25, 0.3) is 0 Å². The molecule has 0 aliphatic carbocycles. The molecule has 1 saturated heterocycles. The number of pyridine rings is 1. The van der Waals surface area contributed by atoms with Crippen LogP contribution >= 0.6 is 24.8 Å². The van der Waals surface area contributed by atoms with Crippen molar-refractivity contribution >= 4 is 36.2 Å². The summed E-state index contributed by atoms with van der Waals surface area (Å²) in [5, 5.41) is 25.0. The number of nitrogens with zero attached hydrogens (tertiary/aromatic N) is 3. The average molecular weight is 534 g/mol. The highest BCUT2D eigenvalue weighted by Gasteiger charge is 2.44. The maximum Gasteiger partial charge on any atom is 0.313 e. The predicted molar refractivity (Wildman–Crippen MR) is 148 cm³/mol.